The number of pyridine rings is 1. The Bertz CT molecular complexity index is 1300. The lowest BCUT2D eigenvalue weighted by molar-refractivity contribution is 0.0785. The van der Waals surface area contributed by atoms with Crippen LogP contribution < -0.4 is 5.32 Å². The largest absolute Gasteiger partial charge is 0.387 e. The number of aliphatic hydroxyl groups excluding tert-OH is 1. The van der Waals surface area contributed by atoms with Gasteiger partial charge in [-0.3, -0.25) is 9.20 Å². The summed E-state index contributed by atoms with van der Waals surface area (Å²) >= 11 is 0. The molecule has 0 saturated carbocycles. The highest BCUT2D eigenvalue weighted by Crippen LogP contribution is 2.26. The van der Waals surface area contributed by atoms with Crippen LogP contribution in [0.15, 0.2) is 72.9 Å². The van der Waals surface area contributed by atoms with Crippen molar-refractivity contribution in [2.75, 3.05) is 7.05 Å². The highest BCUT2D eigenvalue weighted by atomic mass is 16.3. The van der Waals surface area contributed by atoms with Crippen LogP contribution in [0.3, 0.4) is 0 Å². The van der Waals surface area contributed by atoms with E-state index in [4.69, 9.17) is 0 Å². The first-order chi connectivity index (χ1) is 17.0. The molecule has 7 heteroatoms. The number of nitrogens with one attached hydrogen (secondary N) is 1. The van der Waals surface area contributed by atoms with Crippen LogP contribution in [-0.4, -0.2) is 49.6 Å². The monoisotopic (exact) mass is 469 g/mol. The fourth-order valence-corrected chi connectivity index (χ4v) is 4.92. The molecule has 5 rings (SSSR count). The van der Waals surface area contributed by atoms with E-state index in [1.807, 2.05) is 91.3 Å². The van der Waals surface area contributed by atoms with Gasteiger partial charge < -0.3 is 15.3 Å². The lowest BCUT2D eigenvalue weighted by atomic mass is 10.0. The van der Waals surface area contributed by atoms with Gasteiger partial charge in [-0.25, -0.2) is 0 Å². The molecule has 35 heavy (non-hydrogen) atoms. The van der Waals surface area contributed by atoms with Crippen molar-refractivity contribution in [3.63, 3.8) is 0 Å². The standard InChI is InChI=1S/C28H31N5O2/c1-19-30-31-26-15-10-21(18-33(19)26)17-32(2)28(35)23-11-8-20(9-12-23)16-24-13-14-25(29-24)27(34)22-6-4-3-5-7-22/h3-12,15,18,24-25,27,29,34H,13-14,16-17H2,1-2H3/t24-,25+,27+/m0/s1. The van der Waals surface area contributed by atoms with Gasteiger partial charge in [-0.05, 0) is 61.1 Å². The van der Waals surface area contributed by atoms with Crippen molar-refractivity contribution >= 4 is 11.6 Å². The quantitative estimate of drug-likeness (QED) is 0.431. The Kier molecular flexibility index (Phi) is 6.61. The normalized spacial score (nSPS) is 18.6. The molecule has 1 amide bonds. The van der Waals surface area contributed by atoms with Crippen LogP contribution in [0.1, 0.15) is 51.8 Å². The molecule has 1 saturated heterocycles. The van der Waals surface area contributed by atoms with Gasteiger partial charge in [0.05, 0.1) is 6.10 Å². The van der Waals surface area contributed by atoms with Crippen LogP contribution in [0.25, 0.3) is 5.65 Å². The minimum atomic E-state index is -0.494. The molecule has 2 N–H and O–H groups in total. The van der Waals surface area contributed by atoms with Crippen LogP contribution in [0, 0.1) is 6.92 Å². The number of amides is 1. The molecule has 180 valence electrons. The highest BCUT2D eigenvalue weighted by molar-refractivity contribution is 5.94. The molecule has 4 aromatic rings. The minimum absolute atomic E-state index is 0.0119. The average Bonchev–Trinajstić information content (AvgIpc) is 3.50. The summed E-state index contributed by atoms with van der Waals surface area (Å²) in [5.41, 5.74) is 4.63. The van der Waals surface area contributed by atoms with E-state index in [-0.39, 0.29) is 11.9 Å². The molecule has 3 heterocycles. The number of aromatic nitrogens is 3. The van der Waals surface area contributed by atoms with Gasteiger partial charge in [0.2, 0.25) is 0 Å². The molecular weight excluding hydrogens is 438 g/mol. The topological polar surface area (TPSA) is 82.8 Å². The molecular formula is C28H31N5O2. The maximum Gasteiger partial charge on any atom is 0.253 e. The Morgan fingerprint density at radius 2 is 1.80 bits per heavy atom. The summed E-state index contributed by atoms with van der Waals surface area (Å²) in [6, 6.07) is 22.0. The Labute approximate surface area is 205 Å². The first-order valence-corrected chi connectivity index (χ1v) is 12.1. The first kappa shape index (κ1) is 23.2. The Morgan fingerprint density at radius 3 is 2.57 bits per heavy atom. The molecule has 1 aliphatic rings. The molecule has 1 aliphatic heterocycles. The molecule has 7 nitrogen and oxygen atoms in total. The SMILES string of the molecule is Cc1nnc2ccc(CN(C)C(=O)c3ccc(C[C@@H]4CC[C@H]([C@H](O)c5ccccc5)N4)cc3)cn12. The second-order valence-electron chi connectivity index (χ2n) is 9.48. The third-order valence-corrected chi connectivity index (χ3v) is 6.88. The van der Waals surface area contributed by atoms with Gasteiger partial charge in [0.15, 0.2) is 5.65 Å². The molecule has 1 fully saturated rings. The number of carbonyl (C=O) groups excluding carboxylic acids is 1. The summed E-state index contributed by atoms with van der Waals surface area (Å²) in [4.78, 5) is 14.7. The van der Waals surface area contributed by atoms with Crippen LogP contribution in [0.5, 0.6) is 0 Å². The smallest absolute Gasteiger partial charge is 0.253 e. The van der Waals surface area contributed by atoms with Gasteiger partial charge in [-0.1, -0.05) is 48.5 Å². The summed E-state index contributed by atoms with van der Waals surface area (Å²) in [6.07, 6.45) is 4.33. The van der Waals surface area contributed by atoms with E-state index in [0.717, 1.165) is 41.9 Å². The summed E-state index contributed by atoms with van der Waals surface area (Å²) in [5.74, 6) is 0.811. The number of aliphatic hydroxyl groups is 1. The molecule has 3 atom stereocenters. The van der Waals surface area contributed by atoms with E-state index in [1.165, 1.54) is 5.56 Å². The zero-order valence-corrected chi connectivity index (χ0v) is 20.1. The Morgan fingerprint density at radius 1 is 1.06 bits per heavy atom. The van der Waals surface area contributed by atoms with E-state index in [9.17, 15) is 9.90 Å². The van der Waals surface area contributed by atoms with Crippen LogP contribution >= 0.6 is 0 Å². The van der Waals surface area contributed by atoms with E-state index in [2.05, 4.69) is 15.5 Å². The maximum atomic E-state index is 13.0. The average molecular weight is 470 g/mol. The number of nitrogens with zero attached hydrogens (tertiary/aromatic N) is 4. The van der Waals surface area contributed by atoms with Crippen molar-refractivity contribution in [3.8, 4) is 0 Å². The van der Waals surface area contributed by atoms with Crippen molar-refractivity contribution in [3.05, 3.63) is 101 Å². The van der Waals surface area contributed by atoms with Gasteiger partial charge >= 0.3 is 0 Å². The van der Waals surface area contributed by atoms with Gasteiger partial charge in [0.1, 0.15) is 5.82 Å². The fourth-order valence-electron chi connectivity index (χ4n) is 4.92. The van der Waals surface area contributed by atoms with Crippen molar-refractivity contribution in [2.45, 2.75) is 50.9 Å². The summed E-state index contributed by atoms with van der Waals surface area (Å²) in [7, 11) is 1.82. The van der Waals surface area contributed by atoms with Crippen LogP contribution in [0.4, 0.5) is 0 Å². The molecule has 0 bridgehead atoms. The van der Waals surface area contributed by atoms with Gasteiger partial charge in [0.25, 0.3) is 5.91 Å². The number of fused-ring (bicyclic) bond motifs is 1. The summed E-state index contributed by atoms with van der Waals surface area (Å²) in [6.45, 7) is 2.41. The van der Waals surface area contributed by atoms with Crippen molar-refractivity contribution in [1.29, 1.82) is 0 Å². The van der Waals surface area contributed by atoms with Gasteiger partial charge in [-0.2, -0.15) is 0 Å². The van der Waals surface area contributed by atoms with Crippen molar-refractivity contribution in [1.82, 2.24) is 24.8 Å². The van der Waals surface area contributed by atoms with E-state index in [0.29, 0.717) is 18.2 Å². The Hall–Kier alpha value is -3.55. The lowest BCUT2D eigenvalue weighted by Gasteiger charge is -2.20. The second kappa shape index (κ2) is 9.98. The fraction of sp³-hybridized carbons (Fsp3) is 0.321. The predicted molar refractivity (Wildman–Crippen MR) is 135 cm³/mol. The molecule has 0 radical (unpaired) electrons. The third-order valence-electron chi connectivity index (χ3n) is 6.88. The first-order valence-electron chi connectivity index (χ1n) is 12.1. The number of hydrogen-bond donors (Lipinski definition) is 2. The molecule has 0 aliphatic carbocycles. The van der Waals surface area contributed by atoms with E-state index in [1.54, 1.807) is 4.90 Å². The van der Waals surface area contributed by atoms with Crippen molar-refractivity contribution in [2.24, 2.45) is 0 Å². The zero-order chi connectivity index (χ0) is 24.4. The number of carbonyl (C=O) groups is 1. The number of benzene rings is 2. The van der Waals surface area contributed by atoms with E-state index < -0.39 is 6.10 Å². The van der Waals surface area contributed by atoms with E-state index >= 15 is 0 Å². The summed E-state index contributed by atoms with van der Waals surface area (Å²) in [5, 5.41) is 22.5. The second-order valence-corrected chi connectivity index (χ2v) is 9.48. The molecule has 0 spiro atoms. The zero-order valence-electron chi connectivity index (χ0n) is 20.1. The van der Waals surface area contributed by atoms with Crippen LogP contribution in [0.2, 0.25) is 0 Å². The maximum absolute atomic E-state index is 13.0. The lowest BCUT2D eigenvalue weighted by Crippen LogP contribution is -2.35. The molecule has 2 aromatic heterocycles. The molecule has 2 aromatic carbocycles. The van der Waals surface area contributed by atoms with Crippen LogP contribution in [-0.2, 0) is 13.0 Å². The predicted octanol–water partition coefficient (Wildman–Crippen LogP) is 3.71. The highest BCUT2D eigenvalue weighted by Gasteiger charge is 2.29. The van der Waals surface area contributed by atoms with Gasteiger partial charge in [-0.15, -0.1) is 10.2 Å². The van der Waals surface area contributed by atoms with Crippen molar-refractivity contribution < 1.29 is 9.90 Å². The Balaban J connectivity index is 1.17. The third kappa shape index (κ3) is 5.11. The number of rotatable bonds is 7. The summed E-state index contributed by atoms with van der Waals surface area (Å²) < 4.78 is 1.93. The molecule has 0 unspecified atom stereocenters. The minimum Gasteiger partial charge on any atom is -0.387 e. The van der Waals surface area contributed by atoms with Gasteiger partial charge in [0, 0.05) is 37.4 Å². The number of hydrogen-bond acceptors (Lipinski definition) is 5. The number of aryl methyl sites for hydroxylation is 1.